The van der Waals surface area contributed by atoms with Crippen LogP contribution in [0.2, 0.25) is 0 Å². The van der Waals surface area contributed by atoms with Crippen molar-refractivity contribution in [3.8, 4) is 0 Å². The molecule has 3 heterocycles. The summed E-state index contributed by atoms with van der Waals surface area (Å²) in [4.78, 5) is 36.3. The second kappa shape index (κ2) is 11.2. The van der Waals surface area contributed by atoms with Gasteiger partial charge in [0.25, 0.3) is 5.91 Å². The highest BCUT2D eigenvalue weighted by molar-refractivity contribution is 5.94. The Kier molecular flexibility index (Phi) is 8.04. The number of rotatable bonds is 7. The van der Waals surface area contributed by atoms with Crippen LogP contribution in [0.3, 0.4) is 0 Å². The first kappa shape index (κ1) is 26.5. The maximum absolute atomic E-state index is 15.2. The summed E-state index contributed by atoms with van der Waals surface area (Å²) in [6.07, 6.45) is 5.27. The summed E-state index contributed by atoms with van der Waals surface area (Å²) >= 11 is 0. The Morgan fingerprint density at radius 3 is 2.43 bits per heavy atom. The molecular formula is C27H33F2N5O3. The number of nitrogens with zero attached hydrogens (tertiary/aromatic N) is 5. The number of hydrogen-bond acceptors (Lipinski definition) is 5. The van der Waals surface area contributed by atoms with Gasteiger partial charge >= 0.3 is 6.09 Å². The third-order valence-corrected chi connectivity index (χ3v) is 7.00. The highest BCUT2D eigenvalue weighted by Gasteiger charge is 2.28. The van der Waals surface area contributed by atoms with Crippen molar-refractivity contribution in [3.05, 3.63) is 59.2 Å². The maximum Gasteiger partial charge on any atom is 0.410 e. The first-order valence-corrected chi connectivity index (χ1v) is 12.7. The summed E-state index contributed by atoms with van der Waals surface area (Å²) in [6, 6.07) is 4.24. The molecule has 1 saturated heterocycles. The van der Waals surface area contributed by atoms with Crippen molar-refractivity contribution in [2.24, 2.45) is 0 Å². The van der Waals surface area contributed by atoms with E-state index in [4.69, 9.17) is 4.74 Å². The lowest BCUT2D eigenvalue weighted by atomic mass is 10.0. The van der Waals surface area contributed by atoms with Gasteiger partial charge < -0.3 is 19.1 Å². The Morgan fingerprint density at radius 1 is 1.11 bits per heavy atom. The van der Waals surface area contributed by atoms with Crippen LogP contribution < -0.4 is 0 Å². The predicted molar refractivity (Wildman–Crippen MR) is 135 cm³/mol. The monoisotopic (exact) mass is 513 g/mol. The molecule has 198 valence electrons. The zero-order valence-corrected chi connectivity index (χ0v) is 21.7. The van der Waals surface area contributed by atoms with E-state index >= 15 is 4.39 Å². The van der Waals surface area contributed by atoms with Crippen molar-refractivity contribution in [2.75, 3.05) is 27.2 Å². The zero-order chi connectivity index (χ0) is 26.7. The zero-order valence-electron chi connectivity index (χ0n) is 21.7. The number of hydrogen-bond donors (Lipinski definition) is 0. The molecule has 3 aromatic rings. The fourth-order valence-corrected chi connectivity index (χ4v) is 4.77. The Morgan fingerprint density at radius 2 is 1.81 bits per heavy atom. The topological polar surface area (TPSA) is 80.6 Å². The van der Waals surface area contributed by atoms with Gasteiger partial charge in [-0.05, 0) is 43.4 Å². The summed E-state index contributed by atoms with van der Waals surface area (Å²) in [6.45, 7) is 4.99. The van der Waals surface area contributed by atoms with Gasteiger partial charge in [0.2, 0.25) is 0 Å². The molecule has 0 saturated carbocycles. The van der Waals surface area contributed by atoms with Gasteiger partial charge in [-0.15, -0.1) is 0 Å². The third kappa shape index (κ3) is 5.57. The smallest absolute Gasteiger partial charge is 0.410 e. The number of aromatic nitrogens is 3. The standard InChI is InChI=1S/C27H33F2N5O3/c1-5-20(6-2)37-27(36)33-11-9-19(10-12-33)34-15-22(29)24-23(30-16-31-25(24)34)14-17-7-8-18(13-21(17)28)26(35)32(3)4/h7-8,13,15-16,19-20H,5-6,9-12,14H2,1-4H3. The fourth-order valence-electron chi connectivity index (χ4n) is 4.77. The average Bonchev–Trinajstić information content (AvgIpc) is 3.25. The number of ether oxygens (including phenoxy) is 1. The Hall–Kier alpha value is -3.56. The van der Waals surface area contributed by atoms with Crippen LogP contribution in [-0.2, 0) is 11.2 Å². The van der Waals surface area contributed by atoms with Gasteiger partial charge in [0, 0.05) is 51.4 Å². The van der Waals surface area contributed by atoms with Gasteiger partial charge in [-0.2, -0.15) is 0 Å². The van der Waals surface area contributed by atoms with Crippen molar-refractivity contribution in [3.63, 3.8) is 0 Å². The lowest BCUT2D eigenvalue weighted by molar-refractivity contribution is 0.0505. The molecule has 8 nitrogen and oxygen atoms in total. The minimum absolute atomic E-state index is 0.0417. The van der Waals surface area contributed by atoms with E-state index in [9.17, 15) is 14.0 Å². The third-order valence-electron chi connectivity index (χ3n) is 7.00. The normalized spacial score (nSPS) is 14.4. The number of halogens is 2. The largest absolute Gasteiger partial charge is 0.446 e. The summed E-state index contributed by atoms with van der Waals surface area (Å²) in [5, 5.41) is 0.255. The van der Waals surface area contributed by atoms with Crippen LogP contribution in [0.4, 0.5) is 13.6 Å². The molecule has 0 spiro atoms. The van der Waals surface area contributed by atoms with Crippen LogP contribution in [0.15, 0.2) is 30.7 Å². The average molecular weight is 514 g/mol. The van der Waals surface area contributed by atoms with Gasteiger partial charge in [0.15, 0.2) is 5.82 Å². The van der Waals surface area contributed by atoms with Crippen LogP contribution in [0.5, 0.6) is 0 Å². The molecule has 0 bridgehead atoms. The Bertz CT molecular complexity index is 1280. The lowest BCUT2D eigenvalue weighted by Crippen LogP contribution is -2.40. The molecule has 1 aromatic carbocycles. The molecule has 0 unspecified atom stereocenters. The van der Waals surface area contributed by atoms with Gasteiger partial charge in [-0.25, -0.2) is 23.5 Å². The van der Waals surface area contributed by atoms with E-state index in [1.54, 1.807) is 29.6 Å². The molecule has 37 heavy (non-hydrogen) atoms. The number of carbonyl (C=O) groups excluding carboxylic acids is 2. The molecule has 1 fully saturated rings. The van der Waals surface area contributed by atoms with Gasteiger partial charge in [0.1, 0.15) is 23.9 Å². The minimum Gasteiger partial charge on any atom is -0.446 e. The van der Waals surface area contributed by atoms with Crippen LogP contribution in [0.25, 0.3) is 11.0 Å². The van der Waals surface area contributed by atoms with Crippen LogP contribution >= 0.6 is 0 Å². The van der Waals surface area contributed by atoms with Crippen molar-refractivity contribution < 1.29 is 23.1 Å². The number of benzene rings is 1. The fraction of sp³-hybridized carbons (Fsp3) is 0.481. The summed E-state index contributed by atoms with van der Waals surface area (Å²) in [5.41, 5.74) is 1.37. The van der Waals surface area contributed by atoms with Crippen LogP contribution in [-0.4, -0.2) is 69.6 Å². The highest BCUT2D eigenvalue weighted by atomic mass is 19.1. The van der Waals surface area contributed by atoms with E-state index in [1.807, 2.05) is 13.8 Å². The number of piperidine rings is 1. The number of carbonyl (C=O) groups is 2. The van der Waals surface area contributed by atoms with E-state index in [-0.39, 0.29) is 41.5 Å². The van der Waals surface area contributed by atoms with Crippen molar-refractivity contribution in [2.45, 2.75) is 58.1 Å². The summed E-state index contributed by atoms with van der Waals surface area (Å²) in [5.74, 6) is -1.32. The molecule has 2 amide bonds. The predicted octanol–water partition coefficient (Wildman–Crippen LogP) is 4.96. The van der Waals surface area contributed by atoms with E-state index in [2.05, 4.69) is 9.97 Å². The first-order chi connectivity index (χ1) is 17.7. The van der Waals surface area contributed by atoms with Gasteiger partial charge in [-0.1, -0.05) is 19.9 Å². The molecule has 0 radical (unpaired) electrons. The molecule has 1 aliphatic rings. The van der Waals surface area contributed by atoms with E-state index in [0.717, 1.165) is 12.8 Å². The second-order valence-electron chi connectivity index (χ2n) is 9.63. The molecule has 2 aromatic heterocycles. The minimum atomic E-state index is -0.549. The molecule has 0 aliphatic carbocycles. The van der Waals surface area contributed by atoms with E-state index < -0.39 is 11.6 Å². The quantitative estimate of drug-likeness (QED) is 0.446. The van der Waals surface area contributed by atoms with Crippen LogP contribution in [0, 0.1) is 11.6 Å². The molecule has 10 heteroatoms. The summed E-state index contributed by atoms with van der Waals surface area (Å²) in [7, 11) is 3.20. The van der Waals surface area contributed by atoms with Gasteiger partial charge in [0.05, 0.1) is 11.1 Å². The highest BCUT2D eigenvalue weighted by Crippen LogP contribution is 2.31. The van der Waals surface area contributed by atoms with Crippen molar-refractivity contribution in [1.82, 2.24) is 24.3 Å². The Labute approximate surface area is 215 Å². The number of amides is 2. The lowest BCUT2D eigenvalue weighted by Gasteiger charge is -2.33. The first-order valence-electron chi connectivity index (χ1n) is 12.7. The van der Waals surface area contributed by atoms with E-state index in [0.29, 0.717) is 42.8 Å². The maximum atomic E-state index is 15.2. The number of fused-ring (bicyclic) bond motifs is 1. The molecule has 1 aliphatic heterocycles. The molecular weight excluding hydrogens is 480 g/mol. The van der Waals surface area contributed by atoms with Gasteiger partial charge in [-0.3, -0.25) is 4.79 Å². The van der Waals surface area contributed by atoms with Crippen molar-refractivity contribution >= 4 is 23.0 Å². The SMILES string of the molecule is CCC(CC)OC(=O)N1CCC(n2cc(F)c3c(Cc4ccc(C(=O)N(C)C)cc4F)ncnc32)CC1. The Balaban J connectivity index is 1.52. The van der Waals surface area contributed by atoms with Crippen molar-refractivity contribution in [1.29, 1.82) is 0 Å². The summed E-state index contributed by atoms with van der Waals surface area (Å²) < 4.78 is 37.4. The van der Waals surface area contributed by atoms with Crippen LogP contribution in [0.1, 0.15) is 67.2 Å². The molecule has 0 N–H and O–H groups in total. The van der Waals surface area contributed by atoms with E-state index in [1.165, 1.54) is 29.6 Å². The molecule has 4 rings (SSSR count). The molecule has 0 atom stereocenters. The second-order valence-corrected chi connectivity index (χ2v) is 9.63. The number of likely N-dealkylation sites (tertiary alicyclic amines) is 1.